The number of aromatic amines is 1. The third-order valence-corrected chi connectivity index (χ3v) is 4.69. The second-order valence-electron chi connectivity index (χ2n) is 6.84. The Bertz CT molecular complexity index is 1420. The molecule has 0 aliphatic carbocycles. The molecule has 0 saturated heterocycles. The highest BCUT2D eigenvalue weighted by Crippen LogP contribution is 2.28. The van der Waals surface area contributed by atoms with Crippen molar-refractivity contribution in [1.29, 1.82) is 0 Å². The maximum absolute atomic E-state index is 13.3. The van der Waals surface area contributed by atoms with E-state index in [1.54, 1.807) is 0 Å². The van der Waals surface area contributed by atoms with E-state index in [0.29, 0.717) is 16.4 Å². The molecular formula is C21H15ClF4N6O3. The van der Waals surface area contributed by atoms with Crippen LogP contribution in [-0.2, 0) is 6.18 Å². The van der Waals surface area contributed by atoms with Gasteiger partial charge in [0.1, 0.15) is 23.0 Å². The summed E-state index contributed by atoms with van der Waals surface area (Å²) >= 11 is 5.73. The van der Waals surface area contributed by atoms with Crippen LogP contribution in [0.3, 0.4) is 0 Å². The zero-order chi connectivity index (χ0) is 25.9. The summed E-state index contributed by atoms with van der Waals surface area (Å²) < 4.78 is 53.0. The van der Waals surface area contributed by atoms with Crippen molar-refractivity contribution in [3.8, 4) is 0 Å². The van der Waals surface area contributed by atoms with E-state index >= 15 is 0 Å². The maximum Gasteiger partial charge on any atom is 0.435 e. The Kier molecular flexibility index (Phi) is 7.10. The molecule has 0 amide bonds. The predicted molar refractivity (Wildman–Crippen MR) is 121 cm³/mol. The second-order valence-corrected chi connectivity index (χ2v) is 7.24. The first kappa shape index (κ1) is 25.2. The molecule has 9 nitrogen and oxygen atoms in total. The molecule has 0 aliphatic heterocycles. The van der Waals surface area contributed by atoms with Crippen molar-refractivity contribution in [3.63, 3.8) is 0 Å². The summed E-state index contributed by atoms with van der Waals surface area (Å²) in [6.07, 6.45) is -1.61. The van der Waals surface area contributed by atoms with E-state index in [1.165, 1.54) is 12.1 Å². The van der Waals surface area contributed by atoms with E-state index in [4.69, 9.17) is 17.3 Å². The standard InChI is InChI=1S/C21H15ClF4N6O3/c1-10(30-12-2-3-16(23)15(22)7-12)28-9-14(11-6-13(20(34)35)19(33)29-8-11)18(27)32-5-4-17(31-32)21(24,25)26/h2-9,30H,1,27H2,(H,29,33)(H,34,35)/b18-14-,28-9-. The molecule has 0 spiro atoms. The minimum atomic E-state index is -4.73. The quantitative estimate of drug-likeness (QED) is 0.280. The lowest BCUT2D eigenvalue weighted by Gasteiger charge is -2.11. The van der Waals surface area contributed by atoms with E-state index in [-0.39, 0.29) is 27.8 Å². The molecule has 0 bridgehead atoms. The van der Waals surface area contributed by atoms with Gasteiger partial charge in [0.2, 0.25) is 0 Å². The van der Waals surface area contributed by atoms with Crippen LogP contribution in [0, 0.1) is 5.82 Å². The van der Waals surface area contributed by atoms with Crippen LogP contribution in [0.4, 0.5) is 23.2 Å². The van der Waals surface area contributed by atoms with Crippen molar-refractivity contribution in [3.05, 3.63) is 93.1 Å². The fourth-order valence-corrected chi connectivity index (χ4v) is 2.92. The monoisotopic (exact) mass is 510 g/mol. The lowest BCUT2D eigenvalue weighted by atomic mass is 10.1. The van der Waals surface area contributed by atoms with Gasteiger partial charge < -0.3 is 21.1 Å². The average molecular weight is 511 g/mol. The maximum atomic E-state index is 13.3. The number of carbonyl (C=O) groups is 1. The molecule has 0 radical (unpaired) electrons. The van der Waals surface area contributed by atoms with Gasteiger partial charge in [-0.3, -0.25) is 4.79 Å². The molecule has 5 N–H and O–H groups in total. The van der Waals surface area contributed by atoms with Crippen molar-refractivity contribution >= 4 is 40.9 Å². The number of alkyl halides is 3. The highest BCUT2D eigenvalue weighted by atomic mass is 35.5. The Hall–Kier alpha value is -4.39. The molecule has 14 heteroatoms. The van der Waals surface area contributed by atoms with Gasteiger partial charge in [-0.15, -0.1) is 0 Å². The van der Waals surface area contributed by atoms with Crippen LogP contribution in [0.25, 0.3) is 11.4 Å². The van der Waals surface area contributed by atoms with Crippen molar-refractivity contribution in [2.45, 2.75) is 6.18 Å². The van der Waals surface area contributed by atoms with Crippen LogP contribution in [0.15, 0.2) is 64.9 Å². The van der Waals surface area contributed by atoms with Crippen molar-refractivity contribution < 1.29 is 27.5 Å². The summed E-state index contributed by atoms with van der Waals surface area (Å²) in [6.45, 7) is 3.66. The highest BCUT2D eigenvalue weighted by Gasteiger charge is 2.33. The summed E-state index contributed by atoms with van der Waals surface area (Å²) in [4.78, 5) is 29.4. The number of hydrogen-bond acceptors (Lipinski definition) is 6. The topological polar surface area (TPSA) is 138 Å². The number of anilines is 1. The lowest BCUT2D eigenvalue weighted by Crippen LogP contribution is -2.19. The molecule has 2 heterocycles. The number of H-pyrrole nitrogens is 1. The number of carboxylic acid groups (broad SMARTS) is 1. The van der Waals surface area contributed by atoms with E-state index in [9.17, 15) is 32.3 Å². The number of hydrogen-bond donors (Lipinski definition) is 4. The van der Waals surface area contributed by atoms with E-state index in [1.807, 2.05) is 0 Å². The minimum Gasteiger partial charge on any atom is -0.477 e. The number of benzene rings is 1. The van der Waals surface area contributed by atoms with E-state index in [0.717, 1.165) is 30.7 Å². The molecule has 0 saturated carbocycles. The van der Waals surface area contributed by atoms with Crippen molar-refractivity contribution in [1.82, 2.24) is 14.8 Å². The smallest absolute Gasteiger partial charge is 0.435 e. The third kappa shape index (κ3) is 5.95. The van der Waals surface area contributed by atoms with Crippen LogP contribution in [0.2, 0.25) is 5.02 Å². The average Bonchev–Trinajstić information content (AvgIpc) is 3.28. The fraction of sp³-hybridized carbons (Fsp3) is 0.0476. The summed E-state index contributed by atoms with van der Waals surface area (Å²) in [6, 6.07) is 5.40. The summed E-state index contributed by atoms with van der Waals surface area (Å²) in [5.41, 5.74) is 3.51. The Balaban J connectivity index is 2.05. The van der Waals surface area contributed by atoms with Gasteiger partial charge in [0.15, 0.2) is 5.69 Å². The van der Waals surface area contributed by atoms with Gasteiger partial charge in [-0.1, -0.05) is 18.2 Å². The molecule has 3 aromatic rings. The van der Waals surface area contributed by atoms with Crippen LogP contribution in [0.1, 0.15) is 21.6 Å². The van der Waals surface area contributed by atoms with E-state index < -0.39 is 34.8 Å². The van der Waals surface area contributed by atoms with Gasteiger partial charge in [-0.2, -0.15) is 18.3 Å². The van der Waals surface area contributed by atoms with Gasteiger partial charge in [-0.25, -0.2) is 18.9 Å². The summed E-state index contributed by atoms with van der Waals surface area (Å²) in [5, 5.41) is 15.2. The Morgan fingerprint density at radius 2 is 2.03 bits per heavy atom. The highest BCUT2D eigenvalue weighted by molar-refractivity contribution is 6.31. The lowest BCUT2D eigenvalue weighted by molar-refractivity contribution is -0.141. The number of halogens is 5. The van der Waals surface area contributed by atoms with Crippen molar-refractivity contribution in [2.24, 2.45) is 10.7 Å². The molecule has 0 fully saturated rings. The zero-order valence-corrected chi connectivity index (χ0v) is 18.2. The Morgan fingerprint density at radius 1 is 1.31 bits per heavy atom. The molecule has 0 atom stereocenters. The molecule has 0 unspecified atom stereocenters. The summed E-state index contributed by atoms with van der Waals surface area (Å²) in [5.74, 6) is -2.57. The number of allylic oxidation sites excluding steroid dienone is 1. The number of nitrogens with one attached hydrogen (secondary N) is 2. The molecule has 2 aromatic heterocycles. The van der Waals surface area contributed by atoms with Crippen LogP contribution in [0.5, 0.6) is 0 Å². The van der Waals surface area contributed by atoms with Gasteiger partial charge >= 0.3 is 12.1 Å². The molecule has 1 aromatic carbocycles. The number of rotatable bonds is 7. The van der Waals surface area contributed by atoms with Gasteiger partial charge in [0.25, 0.3) is 5.56 Å². The van der Waals surface area contributed by atoms with Gasteiger partial charge in [0.05, 0.1) is 5.02 Å². The largest absolute Gasteiger partial charge is 0.477 e. The number of carboxylic acids is 1. The van der Waals surface area contributed by atoms with Gasteiger partial charge in [0, 0.05) is 35.4 Å². The first-order chi connectivity index (χ1) is 16.4. The minimum absolute atomic E-state index is 0.00457. The number of nitrogens with zero attached hydrogens (tertiary/aromatic N) is 3. The Morgan fingerprint density at radius 3 is 2.63 bits per heavy atom. The predicted octanol–water partition coefficient (Wildman–Crippen LogP) is 4.02. The SMILES string of the molecule is C=C(/N=C\C(=C(/N)n1ccc(C(F)(F)F)n1)c1c[nH]c(=O)c(C(=O)O)c1)Nc1ccc(F)c(Cl)c1. The van der Waals surface area contributed by atoms with Crippen LogP contribution in [-0.4, -0.2) is 32.1 Å². The van der Waals surface area contributed by atoms with Crippen molar-refractivity contribution in [2.75, 3.05) is 5.32 Å². The van der Waals surface area contributed by atoms with E-state index in [2.05, 4.69) is 27.0 Å². The molecular weight excluding hydrogens is 496 g/mol. The molecule has 35 heavy (non-hydrogen) atoms. The first-order valence-electron chi connectivity index (χ1n) is 9.41. The number of aromatic nitrogens is 3. The first-order valence-corrected chi connectivity index (χ1v) is 9.79. The third-order valence-electron chi connectivity index (χ3n) is 4.40. The fourth-order valence-electron chi connectivity index (χ4n) is 2.73. The van der Waals surface area contributed by atoms with Gasteiger partial charge in [-0.05, 0) is 30.3 Å². The number of pyridine rings is 1. The molecule has 182 valence electrons. The normalized spacial score (nSPS) is 12.5. The van der Waals surface area contributed by atoms with Crippen LogP contribution < -0.4 is 16.6 Å². The molecule has 3 rings (SSSR count). The van der Waals surface area contributed by atoms with Crippen LogP contribution >= 0.6 is 11.6 Å². The number of aliphatic imine (C=N–C) groups is 1. The number of aromatic carboxylic acids is 1. The molecule has 0 aliphatic rings. The Labute approximate surface area is 198 Å². The zero-order valence-electron chi connectivity index (χ0n) is 17.4. The summed E-state index contributed by atoms with van der Waals surface area (Å²) in [7, 11) is 0. The second kappa shape index (κ2) is 9.85. The number of nitrogens with two attached hydrogens (primary N) is 1.